The molecule has 138 valence electrons. The van der Waals surface area contributed by atoms with E-state index in [1.54, 1.807) is 18.2 Å². The van der Waals surface area contributed by atoms with E-state index in [9.17, 15) is 14.0 Å². The van der Waals surface area contributed by atoms with Crippen LogP contribution in [0.5, 0.6) is 0 Å². The largest absolute Gasteiger partial charge is 0.350 e. The third-order valence-electron chi connectivity index (χ3n) is 3.82. The Morgan fingerprint density at radius 2 is 1.67 bits per heavy atom. The van der Waals surface area contributed by atoms with Gasteiger partial charge < -0.3 is 15.2 Å². The van der Waals surface area contributed by atoms with Crippen molar-refractivity contribution >= 4 is 11.8 Å². The lowest BCUT2D eigenvalue weighted by Gasteiger charge is -2.07. The van der Waals surface area contributed by atoms with Crippen LogP contribution in [-0.2, 0) is 0 Å². The number of rotatable bonds is 6. The van der Waals surface area contributed by atoms with Gasteiger partial charge in [0.05, 0.1) is 5.56 Å². The summed E-state index contributed by atoms with van der Waals surface area (Å²) in [5, 5.41) is 8.89. The highest BCUT2D eigenvalue weighted by atomic mass is 19.1. The smallest absolute Gasteiger partial charge is 0.316 e. The predicted octanol–water partition coefficient (Wildman–Crippen LogP) is 2.34. The molecule has 0 aliphatic heterocycles. The van der Waals surface area contributed by atoms with Crippen molar-refractivity contribution in [3.05, 3.63) is 71.4 Å². The van der Waals surface area contributed by atoms with E-state index < -0.39 is 11.7 Å². The van der Waals surface area contributed by atoms with Gasteiger partial charge in [0.1, 0.15) is 5.82 Å². The molecule has 0 aliphatic carbocycles. The number of carbonyl (C=O) groups is 2. The molecule has 0 saturated carbocycles. The van der Waals surface area contributed by atoms with Crippen LogP contribution in [0.25, 0.3) is 11.4 Å². The molecule has 0 fully saturated rings. The standard InChI is InChI=1S/C19H17FN4O3/c1-12-6-2-3-7-13(12)17(25)21-10-11-22-18(26)19-23-16(24-27-19)14-8-4-5-9-15(14)20/h2-9H,10-11H2,1H3,(H,21,25)(H,22,26). The molecule has 0 spiro atoms. The van der Waals surface area contributed by atoms with Gasteiger partial charge in [-0.1, -0.05) is 35.5 Å². The molecule has 8 heteroatoms. The Kier molecular flexibility index (Phi) is 5.55. The number of hydrogen-bond donors (Lipinski definition) is 2. The lowest BCUT2D eigenvalue weighted by Crippen LogP contribution is -2.35. The van der Waals surface area contributed by atoms with Crippen molar-refractivity contribution in [3.63, 3.8) is 0 Å². The van der Waals surface area contributed by atoms with E-state index in [-0.39, 0.29) is 36.3 Å². The molecule has 0 bridgehead atoms. The van der Waals surface area contributed by atoms with Crippen LogP contribution in [0.1, 0.15) is 26.6 Å². The molecule has 3 aromatic rings. The quantitative estimate of drug-likeness (QED) is 0.651. The number of benzene rings is 2. The molecule has 0 unspecified atom stereocenters. The summed E-state index contributed by atoms with van der Waals surface area (Å²) >= 11 is 0. The minimum absolute atomic E-state index is 0.00824. The normalized spacial score (nSPS) is 10.4. The molecule has 2 aromatic carbocycles. The van der Waals surface area contributed by atoms with E-state index >= 15 is 0 Å². The monoisotopic (exact) mass is 368 g/mol. The molecule has 0 aliphatic rings. The van der Waals surface area contributed by atoms with E-state index in [4.69, 9.17) is 4.52 Å². The fourth-order valence-electron chi connectivity index (χ4n) is 2.42. The Morgan fingerprint density at radius 1 is 1.00 bits per heavy atom. The third-order valence-corrected chi connectivity index (χ3v) is 3.82. The highest BCUT2D eigenvalue weighted by Gasteiger charge is 2.17. The number of hydrogen-bond acceptors (Lipinski definition) is 5. The summed E-state index contributed by atoms with van der Waals surface area (Å²) in [5.74, 6) is -1.62. The second-order valence-corrected chi connectivity index (χ2v) is 5.73. The number of nitrogens with one attached hydrogen (secondary N) is 2. The van der Waals surface area contributed by atoms with Gasteiger partial charge in [-0.2, -0.15) is 4.98 Å². The Hall–Kier alpha value is -3.55. The van der Waals surface area contributed by atoms with Crippen molar-refractivity contribution in [2.75, 3.05) is 13.1 Å². The first-order chi connectivity index (χ1) is 13.1. The van der Waals surface area contributed by atoms with Gasteiger partial charge in [0.15, 0.2) is 0 Å². The molecule has 0 radical (unpaired) electrons. The van der Waals surface area contributed by atoms with Crippen molar-refractivity contribution < 1.29 is 18.5 Å². The van der Waals surface area contributed by atoms with Gasteiger partial charge in [-0.3, -0.25) is 9.59 Å². The average Bonchev–Trinajstić information content (AvgIpc) is 3.15. The van der Waals surface area contributed by atoms with Gasteiger partial charge in [0.2, 0.25) is 5.82 Å². The minimum Gasteiger partial charge on any atom is -0.350 e. The number of carbonyl (C=O) groups excluding carboxylic acids is 2. The average molecular weight is 368 g/mol. The zero-order chi connectivity index (χ0) is 19.2. The highest BCUT2D eigenvalue weighted by Crippen LogP contribution is 2.19. The van der Waals surface area contributed by atoms with Crippen molar-refractivity contribution in [2.24, 2.45) is 0 Å². The first-order valence-electron chi connectivity index (χ1n) is 8.27. The van der Waals surface area contributed by atoms with Crippen LogP contribution in [0, 0.1) is 12.7 Å². The van der Waals surface area contributed by atoms with Crippen LogP contribution in [0.3, 0.4) is 0 Å². The van der Waals surface area contributed by atoms with Crippen molar-refractivity contribution in [3.8, 4) is 11.4 Å². The molecule has 2 N–H and O–H groups in total. The fourth-order valence-corrected chi connectivity index (χ4v) is 2.42. The van der Waals surface area contributed by atoms with Gasteiger partial charge in [-0.25, -0.2) is 4.39 Å². The summed E-state index contributed by atoms with van der Waals surface area (Å²) in [6, 6.07) is 13.1. The topological polar surface area (TPSA) is 97.1 Å². The minimum atomic E-state index is -0.602. The SMILES string of the molecule is Cc1ccccc1C(=O)NCCNC(=O)c1nc(-c2ccccc2F)no1. The van der Waals surface area contributed by atoms with Gasteiger partial charge >= 0.3 is 11.8 Å². The Labute approximate surface area is 154 Å². The van der Waals surface area contributed by atoms with E-state index in [0.717, 1.165) is 5.56 Å². The van der Waals surface area contributed by atoms with Crippen LogP contribution in [-0.4, -0.2) is 35.0 Å². The summed E-state index contributed by atoms with van der Waals surface area (Å²) in [4.78, 5) is 28.0. The molecule has 3 rings (SSSR count). The van der Waals surface area contributed by atoms with Crippen LogP contribution in [0.4, 0.5) is 4.39 Å². The zero-order valence-electron chi connectivity index (χ0n) is 14.5. The van der Waals surface area contributed by atoms with E-state index in [1.165, 1.54) is 18.2 Å². The maximum Gasteiger partial charge on any atom is 0.316 e. The molecule has 1 aromatic heterocycles. The number of aryl methyl sites for hydroxylation is 1. The summed E-state index contributed by atoms with van der Waals surface area (Å²) in [6.45, 7) is 2.25. The summed E-state index contributed by atoms with van der Waals surface area (Å²) in [6.07, 6.45) is 0. The fraction of sp³-hybridized carbons (Fsp3) is 0.158. The molecular formula is C19H17FN4O3. The van der Waals surface area contributed by atoms with Crippen LogP contribution in [0.15, 0.2) is 53.1 Å². The molecule has 1 heterocycles. The van der Waals surface area contributed by atoms with Gasteiger partial charge in [0.25, 0.3) is 5.91 Å². The van der Waals surface area contributed by atoms with Gasteiger partial charge in [-0.15, -0.1) is 0 Å². The molecule has 0 saturated heterocycles. The van der Waals surface area contributed by atoms with Crippen LogP contribution >= 0.6 is 0 Å². The zero-order valence-corrected chi connectivity index (χ0v) is 14.5. The van der Waals surface area contributed by atoms with E-state index in [2.05, 4.69) is 20.8 Å². The Bertz CT molecular complexity index is 971. The molecule has 0 atom stereocenters. The lowest BCUT2D eigenvalue weighted by molar-refractivity contribution is 0.0898. The van der Waals surface area contributed by atoms with Crippen LogP contribution < -0.4 is 10.6 Å². The lowest BCUT2D eigenvalue weighted by atomic mass is 10.1. The summed E-state index contributed by atoms with van der Waals surface area (Å²) < 4.78 is 18.6. The van der Waals surface area contributed by atoms with Crippen LogP contribution in [0.2, 0.25) is 0 Å². The summed E-state index contributed by atoms with van der Waals surface area (Å²) in [5.41, 5.74) is 1.59. The Morgan fingerprint density at radius 3 is 2.41 bits per heavy atom. The summed E-state index contributed by atoms with van der Waals surface area (Å²) in [7, 11) is 0. The maximum atomic E-state index is 13.7. The number of halogens is 1. The maximum absolute atomic E-state index is 13.7. The first kappa shape index (κ1) is 18.2. The predicted molar refractivity (Wildman–Crippen MR) is 95.5 cm³/mol. The molecular weight excluding hydrogens is 351 g/mol. The van der Waals surface area contributed by atoms with Gasteiger partial charge in [0, 0.05) is 18.7 Å². The second-order valence-electron chi connectivity index (χ2n) is 5.73. The number of nitrogens with zero attached hydrogens (tertiary/aromatic N) is 2. The van der Waals surface area contributed by atoms with Crippen molar-refractivity contribution in [2.45, 2.75) is 6.92 Å². The number of aromatic nitrogens is 2. The van der Waals surface area contributed by atoms with Crippen molar-refractivity contribution in [1.29, 1.82) is 0 Å². The first-order valence-corrected chi connectivity index (χ1v) is 8.27. The van der Waals surface area contributed by atoms with E-state index in [0.29, 0.717) is 5.56 Å². The van der Waals surface area contributed by atoms with E-state index in [1.807, 2.05) is 19.1 Å². The number of amides is 2. The molecule has 7 nitrogen and oxygen atoms in total. The highest BCUT2D eigenvalue weighted by molar-refractivity contribution is 5.95. The molecule has 2 amide bonds. The Balaban J connectivity index is 1.51. The molecule has 27 heavy (non-hydrogen) atoms. The van der Waals surface area contributed by atoms with Crippen molar-refractivity contribution in [1.82, 2.24) is 20.8 Å². The third kappa shape index (κ3) is 4.35. The van der Waals surface area contributed by atoms with Gasteiger partial charge in [-0.05, 0) is 30.7 Å². The second kappa shape index (κ2) is 8.22.